The van der Waals surface area contributed by atoms with Crippen LogP contribution >= 0.6 is 11.3 Å². The Kier molecular flexibility index (Phi) is 4.11. The van der Waals surface area contributed by atoms with Crippen molar-refractivity contribution in [3.8, 4) is 0 Å². The van der Waals surface area contributed by atoms with E-state index in [1.165, 1.54) is 5.56 Å². The lowest BCUT2D eigenvalue weighted by Crippen LogP contribution is -2.07. The van der Waals surface area contributed by atoms with Crippen LogP contribution in [0.3, 0.4) is 0 Å². The fourth-order valence-corrected chi connectivity index (χ4v) is 2.02. The molecular weight excluding hydrogens is 228 g/mol. The van der Waals surface area contributed by atoms with Crippen molar-refractivity contribution in [2.24, 2.45) is 10.7 Å². The van der Waals surface area contributed by atoms with Gasteiger partial charge < -0.3 is 5.73 Å². The molecular formula is C14H14N2S. The maximum atomic E-state index is 5.80. The SMILES string of the molecule is NC(C=Cc1ccccc1)=NCc1ccsc1. The minimum absolute atomic E-state index is 0.556. The molecule has 2 N–H and O–H groups in total. The normalized spacial score (nSPS) is 12.1. The average molecular weight is 242 g/mol. The fourth-order valence-electron chi connectivity index (χ4n) is 1.36. The minimum Gasteiger partial charge on any atom is -0.384 e. The second-order valence-electron chi connectivity index (χ2n) is 3.62. The molecule has 2 rings (SSSR count). The average Bonchev–Trinajstić information content (AvgIpc) is 2.88. The van der Waals surface area contributed by atoms with Gasteiger partial charge in [0, 0.05) is 0 Å². The summed E-state index contributed by atoms with van der Waals surface area (Å²) in [5, 5.41) is 4.12. The van der Waals surface area contributed by atoms with Gasteiger partial charge in [-0.15, -0.1) is 0 Å². The van der Waals surface area contributed by atoms with Gasteiger partial charge in [0.25, 0.3) is 0 Å². The van der Waals surface area contributed by atoms with Gasteiger partial charge >= 0.3 is 0 Å². The van der Waals surface area contributed by atoms with Gasteiger partial charge in [0.1, 0.15) is 5.84 Å². The summed E-state index contributed by atoms with van der Waals surface area (Å²) in [6.45, 7) is 0.647. The molecule has 0 radical (unpaired) electrons. The summed E-state index contributed by atoms with van der Waals surface area (Å²) >= 11 is 1.67. The summed E-state index contributed by atoms with van der Waals surface area (Å²) in [4.78, 5) is 4.30. The lowest BCUT2D eigenvalue weighted by molar-refractivity contribution is 1.07. The van der Waals surface area contributed by atoms with E-state index in [0.717, 1.165) is 5.56 Å². The molecule has 0 saturated carbocycles. The quantitative estimate of drug-likeness (QED) is 0.648. The van der Waals surface area contributed by atoms with E-state index in [-0.39, 0.29) is 0 Å². The highest BCUT2D eigenvalue weighted by Gasteiger charge is 1.91. The fraction of sp³-hybridized carbons (Fsp3) is 0.0714. The van der Waals surface area contributed by atoms with Crippen LogP contribution in [0.4, 0.5) is 0 Å². The topological polar surface area (TPSA) is 38.4 Å². The number of hydrogen-bond donors (Lipinski definition) is 1. The van der Waals surface area contributed by atoms with Gasteiger partial charge in [0.15, 0.2) is 0 Å². The smallest absolute Gasteiger partial charge is 0.118 e. The number of hydrogen-bond acceptors (Lipinski definition) is 2. The molecule has 0 amide bonds. The molecule has 0 spiro atoms. The van der Waals surface area contributed by atoms with Crippen LogP contribution in [0.25, 0.3) is 6.08 Å². The van der Waals surface area contributed by atoms with Gasteiger partial charge in [-0.05, 0) is 34.0 Å². The maximum Gasteiger partial charge on any atom is 0.118 e. The van der Waals surface area contributed by atoms with Crippen LogP contribution in [-0.4, -0.2) is 5.84 Å². The molecule has 2 aromatic rings. The van der Waals surface area contributed by atoms with Crippen molar-refractivity contribution in [1.82, 2.24) is 0 Å². The molecule has 17 heavy (non-hydrogen) atoms. The monoisotopic (exact) mass is 242 g/mol. The van der Waals surface area contributed by atoms with Crippen molar-refractivity contribution in [2.75, 3.05) is 0 Å². The number of rotatable bonds is 4. The number of thiophene rings is 1. The largest absolute Gasteiger partial charge is 0.384 e. The van der Waals surface area contributed by atoms with Crippen molar-refractivity contribution in [2.45, 2.75) is 6.54 Å². The number of benzene rings is 1. The van der Waals surface area contributed by atoms with Crippen molar-refractivity contribution >= 4 is 23.2 Å². The number of amidine groups is 1. The molecule has 86 valence electrons. The van der Waals surface area contributed by atoms with Crippen LogP contribution in [0.2, 0.25) is 0 Å². The molecule has 1 heterocycles. The first-order valence-corrected chi connectivity index (χ1v) is 6.33. The first kappa shape index (κ1) is 11.6. The van der Waals surface area contributed by atoms with Crippen molar-refractivity contribution in [3.05, 3.63) is 64.4 Å². The van der Waals surface area contributed by atoms with E-state index < -0.39 is 0 Å². The van der Waals surface area contributed by atoms with E-state index in [9.17, 15) is 0 Å². The maximum absolute atomic E-state index is 5.80. The predicted molar refractivity (Wildman–Crippen MR) is 75.1 cm³/mol. The molecule has 2 nitrogen and oxygen atoms in total. The van der Waals surface area contributed by atoms with Crippen LogP contribution < -0.4 is 5.73 Å². The van der Waals surface area contributed by atoms with Crippen LogP contribution in [0.5, 0.6) is 0 Å². The molecule has 0 saturated heterocycles. The van der Waals surface area contributed by atoms with Crippen LogP contribution in [0, 0.1) is 0 Å². The molecule has 0 aliphatic carbocycles. The lowest BCUT2D eigenvalue weighted by Gasteiger charge is -1.94. The first-order chi connectivity index (χ1) is 8.34. The molecule has 0 aliphatic rings. The van der Waals surface area contributed by atoms with E-state index in [4.69, 9.17) is 5.73 Å². The number of aliphatic imine (C=N–C) groups is 1. The Morgan fingerprint density at radius 1 is 1.24 bits per heavy atom. The van der Waals surface area contributed by atoms with Gasteiger partial charge in [-0.1, -0.05) is 36.4 Å². The van der Waals surface area contributed by atoms with Crippen LogP contribution in [-0.2, 0) is 6.54 Å². The van der Waals surface area contributed by atoms with Gasteiger partial charge in [0.05, 0.1) is 6.54 Å². The van der Waals surface area contributed by atoms with Crippen molar-refractivity contribution < 1.29 is 0 Å². The Labute approximate surface area is 105 Å². The molecule has 0 aliphatic heterocycles. The number of nitrogens with two attached hydrogens (primary N) is 1. The van der Waals surface area contributed by atoms with Crippen LogP contribution in [0.1, 0.15) is 11.1 Å². The highest BCUT2D eigenvalue weighted by atomic mass is 32.1. The second-order valence-corrected chi connectivity index (χ2v) is 4.40. The van der Waals surface area contributed by atoms with Crippen molar-refractivity contribution in [1.29, 1.82) is 0 Å². The molecule has 0 unspecified atom stereocenters. The Balaban J connectivity index is 1.94. The third-order valence-electron chi connectivity index (χ3n) is 2.27. The Morgan fingerprint density at radius 2 is 2.06 bits per heavy atom. The van der Waals surface area contributed by atoms with E-state index in [1.54, 1.807) is 11.3 Å². The summed E-state index contributed by atoms with van der Waals surface area (Å²) in [5.74, 6) is 0.556. The lowest BCUT2D eigenvalue weighted by atomic mass is 10.2. The third-order valence-corrected chi connectivity index (χ3v) is 3.00. The van der Waals surface area contributed by atoms with E-state index >= 15 is 0 Å². The Bertz CT molecular complexity index is 498. The summed E-state index contributed by atoms with van der Waals surface area (Å²) in [7, 11) is 0. The first-order valence-electron chi connectivity index (χ1n) is 5.39. The van der Waals surface area contributed by atoms with E-state index in [0.29, 0.717) is 12.4 Å². The zero-order valence-corrected chi connectivity index (χ0v) is 10.2. The second kappa shape index (κ2) is 6.01. The van der Waals surface area contributed by atoms with Gasteiger partial charge in [-0.3, -0.25) is 4.99 Å². The molecule has 0 bridgehead atoms. The molecule has 3 heteroatoms. The van der Waals surface area contributed by atoms with E-state index in [1.807, 2.05) is 47.9 Å². The zero-order chi connectivity index (χ0) is 11.9. The summed E-state index contributed by atoms with van der Waals surface area (Å²) < 4.78 is 0. The summed E-state index contributed by atoms with van der Waals surface area (Å²) in [6, 6.07) is 12.1. The van der Waals surface area contributed by atoms with Crippen molar-refractivity contribution in [3.63, 3.8) is 0 Å². The third kappa shape index (κ3) is 3.89. The van der Waals surface area contributed by atoms with Gasteiger partial charge in [-0.25, -0.2) is 0 Å². The summed E-state index contributed by atoms with van der Waals surface area (Å²) in [5.41, 5.74) is 8.13. The summed E-state index contributed by atoms with van der Waals surface area (Å²) in [6.07, 6.45) is 3.80. The number of nitrogens with zero attached hydrogens (tertiary/aromatic N) is 1. The van der Waals surface area contributed by atoms with Gasteiger partial charge in [-0.2, -0.15) is 11.3 Å². The Hall–Kier alpha value is -1.87. The molecule has 0 atom stereocenters. The van der Waals surface area contributed by atoms with Crippen LogP contribution in [0.15, 0.2) is 58.2 Å². The standard InChI is InChI=1S/C14H14N2S/c15-14(16-10-13-8-9-17-11-13)7-6-12-4-2-1-3-5-12/h1-9,11H,10H2,(H2,15,16). The minimum atomic E-state index is 0.556. The molecule has 1 aromatic heterocycles. The molecule has 1 aromatic carbocycles. The highest BCUT2D eigenvalue weighted by Crippen LogP contribution is 2.07. The zero-order valence-electron chi connectivity index (χ0n) is 9.41. The van der Waals surface area contributed by atoms with Gasteiger partial charge in [0.2, 0.25) is 0 Å². The highest BCUT2D eigenvalue weighted by molar-refractivity contribution is 7.07. The van der Waals surface area contributed by atoms with E-state index in [2.05, 4.69) is 16.4 Å². The predicted octanol–water partition coefficient (Wildman–Crippen LogP) is 3.32. The Morgan fingerprint density at radius 3 is 2.76 bits per heavy atom. The molecule has 0 fully saturated rings.